The van der Waals surface area contributed by atoms with Crippen molar-refractivity contribution in [3.63, 3.8) is 0 Å². The van der Waals surface area contributed by atoms with Gasteiger partial charge in [0.25, 0.3) is 0 Å². The van der Waals surface area contributed by atoms with E-state index in [1.54, 1.807) is 12.1 Å². The van der Waals surface area contributed by atoms with Gasteiger partial charge in [-0.1, -0.05) is 60.2 Å². The molecule has 2 aromatic rings. The summed E-state index contributed by atoms with van der Waals surface area (Å²) in [5.74, 6) is -1.01. The summed E-state index contributed by atoms with van der Waals surface area (Å²) in [4.78, 5) is 35.6. The molecule has 0 aliphatic carbocycles. The van der Waals surface area contributed by atoms with Crippen LogP contribution in [0.15, 0.2) is 54.6 Å². The van der Waals surface area contributed by atoms with Crippen LogP contribution in [0.2, 0.25) is 0 Å². The molecule has 0 radical (unpaired) electrons. The van der Waals surface area contributed by atoms with Crippen LogP contribution in [0.3, 0.4) is 0 Å². The van der Waals surface area contributed by atoms with E-state index in [2.05, 4.69) is 5.32 Å². The van der Waals surface area contributed by atoms with Gasteiger partial charge in [0.15, 0.2) is 12.4 Å². The molecule has 0 heterocycles. The molecule has 2 aromatic carbocycles. The van der Waals surface area contributed by atoms with E-state index in [0.29, 0.717) is 5.56 Å². The second-order valence-electron chi connectivity index (χ2n) is 5.82. The first-order chi connectivity index (χ1) is 12.5. The lowest BCUT2D eigenvalue weighted by Gasteiger charge is -2.13. The lowest BCUT2D eigenvalue weighted by Crippen LogP contribution is -2.40. The molecule has 136 valence electrons. The first-order valence-electron chi connectivity index (χ1n) is 8.19. The van der Waals surface area contributed by atoms with Crippen LogP contribution >= 0.6 is 0 Å². The van der Waals surface area contributed by atoms with Gasteiger partial charge in [0.1, 0.15) is 12.6 Å². The third kappa shape index (κ3) is 6.05. The number of carbonyl (C=O) groups excluding carboxylic acids is 3. The van der Waals surface area contributed by atoms with Gasteiger partial charge < -0.3 is 14.8 Å². The van der Waals surface area contributed by atoms with E-state index in [0.717, 1.165) is 11.1 Å². The van der Waals surface area contributed by atoms with Crippen molar-refractivity contribution < 1.29 is 23.9 Å². The minimum Gasteiger partial charge on any atom is -0.456 e. The van der Waals surface area contributed by atoms with Crippen LogP contribution in [-0.4, -0.2) is 30.5 Å². The number of benzene rings is 2. The van der Waals surface area contributed by atoms with Crippen molar-refractivity contribution in [2.24, 2.45) is 0 Å². The quantitative estimate of drug-likeness (QED) is 0.610. The summed E-state index contributed by atoms with van der Waals surface area (Å²) in [6, 6.07) is 15.2. The number of amides is 1. The van der Waals surface area contributed by atoms with Crippen molar-refractivity contribution in [2.45, 2.75) is 26.5 Å². The first-order valence-corrected chi connectivity index (χ1v) is 8.19. The van der Waals surface area contributed by atoms with E-state index in [-0.39, 0.29) is 19.0 Å². The van der Waals surface area contributed by atoms with Gasteiger partial charge >= 0.3 is 12.1 Å². The Hall–Kier alpha value is -3.15. The van der Waals surface area contributed by atoms with Crippen LogP contribution in [-0.2, 0) is 20.9 Å². The summed E-state index contributed by atoms with van der Waals surface area (Å²) < 4.78 is 9.99. The molecule has 0 spiro atoms. The Bertz CT molecular complexity index is 756. The van der Waals surface area contributed by atoms with Gasteiger partial charge in [-0.2, -0.15) is 0 Å². The Morgan fingerprint density at radius 3 is 2.27 bits per heavy atom. The number of hydrogen-bond acceptors (Lipinski definition) is 5. The highest BCUT2D eigenvalue weighted by molar-refractivity contribution is 5.98. The molecular formula is C20H21NO5. The van der Waals surface area contributed by atoms with Gasteiger partial charge in [-0.15, -0.1) is 0 Å². The number of rotatable bonds is 7. The fraction of sp³-hybridized carbons (Fsp3) is 0.250. The number of esters is 1. The van der Waals surface area contributed by atoms with E-state index in [9.17, 15) is 14.4 Å². The molecule has 0 fully saturated rings. The van der Waals surface area contributed by atoms with Crippen molar-refractivity contribution in [3.05, 3.63) is 71.3 Å². The predicted octanol–water partition coefficient (Wildman–Crippen LogP) is 3.04. The topological polar surface area (TPSA) is 81.7 Å². The van der Waals surface area contributed by atoms with Crippen LogP contribution in [0.1, 0.15) is 28.4 Å². The lowest BCUT2D eigenvalue weighted by atomic mass is 10.1. The average Bonchev–Trinajstić information content (AvgIpc) is 2.65. The normalized spacial score (nSPS) is 11.3. The maximum Gasteiger partial charge on any atom is 0.408 e. The van der Waals surface area contributed by atoms with E-state index in [1.165, 1.54) is 6.92 Å². The largest absolute Gasteiger partial charge is 0.456 e. The van der Waals surface area contributed by atoms with Crippen molar-refractivity contribution in [1.29, 1.82) is 0 Å². The first kappa shape index (κ1) is 19.2. The van der Waals surface area contributed by atoms with Crippen LogP contribution < -0.4 is 5.32 Å². The second kappa shape index (κ2) is 9.36. The van der Waals surface area contributed by atoms with Crippen LogP contribution in [0.5, 0.6) is 0 Å². The number of ether oxygens (including phenoxy) is 2. The summed E-state index contributed by atoms with van der Waals surface area (Å²) in [7, 11) is 0. The zero-order chi connectivity index (χ0) is 18.9. The van der Waals surface area contributed by atoms with Gasteiger partial charge in [-0.3, -0.25) is 4.79 Å². The molecule has 0 aromatic heterocycles. The Labute approximate surface area is 152 Å². The summed E-state index contributed by atoms with van der Waals surface area (Å²) >= 11 is 0. The predicted molar refractivity (Wildman–Crippen MR) is 95.7 cm³/mol. The van der Waals surface area contributed by atoms with E-state index < -0.39 is 18.1 Å². The fourth-order valence-corrected chi connectivity index (χ4v) is 2.08. The lowest BCUT2D eigenvalue weighted by molar-refractivity contribution is -0.144. The molecule has 0 bridgehead atoms. The van der Waals surface area contributed by atoms with Gasteiger partial charge in [0.2, 0.25) is 0 Å². The number of alkyl carbamates (subject to hydrolysis) is 1. The number of carbonyl (C=O) groups is 3. The van der Waals surface area contributed by atoms with Crippen molar-refractivity contribution >= 4 is 17.8 Å². The van der Waals surface area contributed by atoms with Crippen LogP contribution in [0.4, 0.5) is 4.79 Å². The van der Waals surface area contributed by atoms with E-state index in [4.69, 9.17) is 9.47 Å². The molecule has 1 N–H and O–H groups in total. The summed E-state index contributed by atoms with van der Waals surface area (Å²) in [6.07, 6.45) is -0.733. The minimum atomic E-state index is -0.927. The monoisotopic (exact) mass is 355 g/mol. The number of nitrogens with one attached hydrogen (secondary N) is 1. The molecule has 0 aliphatic rings. The number of hydrogen-bond donors (Lipinski definition) is 1. The highest BCUT2D eigenvalue weighted by Crippen LogP contribution is 2.05. The molecule has 2 rings (SSSR count). The van der Waals surface area contributed by atoms with E-state index in [1.807, 2.05) is 49.4 Å². The standard InChI is InChI=1S/C20H21NO5/c1-14-8-10-17(11-9-14)18(22)13-25-19(23)15(2)21-20(24)26-12-16-6-4-3-5-7-16/h3-11,15H,12-13H2,1-2H3,(H,21,24)/t15-/m1/s1. The molecule has 0 aliphatic heterocycles. The molecule has 26 heavy (non-hydrogen) atoms. The van der Waals surface area contributed by atoms with Gasteiger partial charge in [0, 0.05) is 5.56 Å². The zero-order valence-corrected chi connectivity index (χ0v) is 14.7. The molecular weight excluding hydrogens is 334 g/mol. The highest BCUT2D eigenvalue weighted by atomic mass is 16.6. The Kier molecular flexibility index (Phi) is 6.91. The van der Waals surface area contributed by atoms with Crippen LogP contribution in [0.25, 0.3) is 0 Å². The summed E-state index contributed by atoms with van der Waals surface area (Å²) in [5, 5.41) is 2.37. The fourth-order valence-electron chi connectivity index (χ4n) is 2.08. The minimum absolute atomic E-state index is 0.0976. The molecule has 6 heteroatoms. The summed E-state index contributed by atoms with van der Waals surface area (Å²) in [5.41, 5.74) is 2.33. The smallest absolute Gasteiger partial charge is 0.408 e. The Morgan fingerprint density at radius 2 is 1.62 bits per heavy atom. The van der Waals surface area contributed by atoms with Crippen LogP contribution in [0, 0.1) is 6.92 Å². The van der Waals surface area contributed by atoms with E-state index >= 15 is 0 Å². The highest BCUT2D eigenvalue weighted by Gasteiger charge is 2.19. The second-order valence-corrected chi connectivity index (χ2v) is 5.82. The molecule has 1 amide bonds. The SMILES string of the molecule is Cc1ccc(C(=O)COC(=O)[C@@H](C)NC(=O)OCc2ccccc2)cc1. The number of Topliss-reactive ketones (excluding diaryl/α,β-unsaturated/α-hetero) is 1. The van der Waals surface area contributed by atoms with Gasteiger partial charge in [-0.25, -0.2) is 9.59 Å². The maximum absolute atomic E-state index is 12.0. The maximum atomic E-state index is 12.0. The summed E-state index contributed by atoms with van der Waals surface area (Å²) in [6.45, 7) is 3.09. The van der Waals surface area contributed by atoms with Crippen molar-refractivity contribution in [3.8, 4) is 0 Å². The average molecular weight is 355 g/mol. The van der Waals surface area contributed by atoms with Gasteiger partial charge in [0.05, 0.1) is 0 Å². The zero-order valence-electron chi connectivity index (χ0n) is 14.7. The molecule has 0 saturated heterocycles. The van der Waals surface area contributed by atoms with Gasteiger partial charge in [-0.05, 0) is 19.4 Å². The van der Waals surface area contributed by atoms with Crippen molar-refractivity contribution in [2.75, 3.05) is 6.61 Å². The molecule has 1 atom stereocenters. The third-order valence-electron chi connectivity index (χ3n) is 3.62. The molecule has 6 nitrogen and oxygen atoms in total. The molecule has 0 unspecified atom stereocenters. The number of aryl methyl sites for hydroxylation is 1. The molecule has 0 saturated carbocycles. The van der Waals surface area contributed by atoms with Crippen molar-refractivity contribution in [1.82, 2.24) is 5.32 Å². The number of ketones is 1. The third-order valence-corrected chi connectivity index (χ3v) is 3.62. The Morgan fingerprint density at radius 1 is 0.962 bits per heavy atom. The Balaban J connectivity index is 1.73.